The van der Waals surface area contributed by atoms with Gasteiger partial charge in [-0.25, -0.2) is 4.98 Å². The van der Waals surface area contributed by atoms with Gasteiger partial charge in [-0.15, -0.1) is 0 Å². The molecular weight excluding hydrogens is 380 g/mol. The molecule has 1 heterocycles. The Balaban J connectivity index is 1.82. The maximum atomic E-state index is 11.6. The monoisotopic (exact) mass is 398 g/mol. The lowest BCUT2D eigenvalue weighted by Crippen LogP contribution is -2.10. The summed E-state index contributed by atoms with van der Waals surface area (Å²) in [5.41, 5.74) is 2.44. The highest BCUT2D eigenvalue weighted by molar-refractivity contribution is 6.32. The van der Waals surface area contributed by atoms with Crippen molar-refractivity contribution in [3.63, 3.8) is 0 Å². The second kappa shape index (κ2) is 8.67. The third-order valence-electron chi connectivity index (χ3n) is 4.14. The van der Waals surface area contributed by atoms with Gasteiger partial charge >= 0.3 is 11.6 Å². The number of nitrogens with zero attached hydrogens (tertiary/aromatic N) is 3. The Hall–Kier alpha value is -3.19. The summed E-state index contributed by atoms with van der Waals surface area (Å²) in [5.74, 6) is 0.424. The van der Waals surface area contributed by atoms with Crippen molar-refractivity contribution in [3.8, 4) is 11.6 Å². The summed E-state index contributed by atoms with van der Waals surface area (Å²) in [6, 6.07) is 13.3. The van der Waals surface area contributed by atoms with E-state index in [1.807, 2.05) is 44.2 Å². The molecule has 0 saturated carbocycles. The first-order valence-corrected chi connectivity index (χ1v) is 9.05. The van der Waals surface area contributed by atoms with Gasteiger partial charge < -0.3 is 10.1 Å². The number of aromatic nitrogens is 2. The maximum Gasteiger partial charge on any atom is 0.373 e. The second-order valence-electron chi connectivity index (χ2n) is 6.27. The molecule has 28 heavy (non-hydrogen) atoms. The smallest absolute Gasteiger partial charge is 0.373 e. The largest absolute Gasteiger partial charge is 0.434 e. The van der Waals surface area contributed by atoms with Crippen LogP contribution in [-0.2, 0) is 6.42 Å². The van der Waals surface area contributed by atoms with E-state index in [-0.39, 0.29) is 17.4 Å². The van der Waals surface area contributed by atoms with Crippen molar-refractivity contribution in [2.75, 3.05) is 11.9 Å². The molecule has 0 saturated heterocycles. The van der Waals surface area contributed by atoms with E-state index in [1.54, 1.807) is 12.1 Å². The van der Waals surface area contributed by atoms with Crippen LogP contribution in [0.3, 0.4) is 0 Å². The van der Waals surface area contributed by atoms with Crippen LogP contribution >= 0.6 is 11.6 Å². The molecular formula is C20H19ClN4O3. The highest BCUT2D eigenvalue weighted by atomic mass is 35.5. The fraction of sp³-hybridized carbons (Fsp3) is 0.200. The van der Waals surface area contributed by atoms with Crippen LogP contribution in [0.2, 0.25) is 5.02 Å². The van der Waals surface area contributed by atoms with Crippen LogP contribution in [0.5, 0.6) is 11.6 Å². The van der Waals surface area contributed by atoms with Crippen LogP contribution in [0.4, 0.5) is 11.5 Å². The van der Waals surface area contributed by atoms with Gasteiger partial charge in [-0.1, -0.05) is 41.9 Å². The average Bonchev–Trinajstić information content (AvgIpc) is 2.67. The average molecular weight is 399 g/mol. The fourth-order valence-electron chi connectivity index (χ4n) is 2.78. The van der Waals surface area contributed by atoms with Crippen molar-refractivity contribution in [1.29, 1.82) is 0 Å². The van der Waals surface area contributed by atoms with Crippen LogP contribution in [0, 0.1) is 24.0 Å². The molecule has 0 aliphatic carbocycles. The third kappa shape index (κ3) is 4.55. The summed E-state index contributed by atoms with van der Waals surface area (Å²) in [5, 5.41) is 15.3. The first kappa shape index (κ1) is 19.6. The molecule has 1 N–H and O–H groups in total. The Morgan fingerprint density at radius 1 is 1.14 bits per heavy atom. The number of halogens is 1. The van der Waals surface area contributed by atoms with Gasteiger partial charge in [0.2, 0.25) is 5.82 Å². The Bertz CT molecular complexity index is 973. The number of rotatable bonds is 7. The van der Waals surface area contributed by atoms with E-state index in [0.29, 0.717) is 23.7 Å². The van der Waals surface area contributed by atoms with Crippen molar-refractivity contribution >= 4 is 23.1 Å². The summed E-state index contributed by atoms with van der Waals surface area (Å²) in [4.78, 5) is 19.1. The minimum atomic E-state index is -0.546. The van der Waals surface area contributed by atoms with E-state index in [9.17, 15) is 10.1 Å². The lowest BCUT2D eigenvalue weighted by Gasteiger charge is -2.11. The second-order valence-corrected chi connectivity index (χ2v) is 6.65. The molecule has 0 amide bonds. The van der Waals surface area contributed by atoms with Gasteiger partial charge in [-0.2, -0.15) is 4.98 Å². The molecule has 0 radical (unpaired) electrons. The molecule has 2 aromatic carbocycles. The molecule has 0 fully saturated rings. The van der Waals surface area contributed by atoms with Gasteiger partial charge in [0.15, 0.2) is 0 Å². The van der Waals surface area contributed by atoms with Crippen LogP contribution in [0.1, 0.15) is 16.7 Å². The van der Waals surface area contributed by atoms with Crippen molar-refractivity contribution in [2.45, 2.75) is 20.3 Å². The van der Waals surface area contributed by atoms with Crippen LogP contribution in [0.25, 0.3) is 0 Å². The molecule has 8 heteroatoms. The minimum Gasteiger partial charge on any atom is -0.434 e. The predicted octanol–water partition coefficient (Wildman–Crippen LogP) is 5.10. The minimum absolute atomic E-state index is 0.119. The standard InChI is InChI=1S/C20H19ClN4O3/c1-13-10-16(11-14(2)17(13)21)28-20-18(25(26)27)19(23-12-24-20)22-9-8-15-6-4-3-5-7-15/h3-7,10-12H,8-9H2,1-2H3,(H,22,23,24). The molecule has 0 aliphatic rings. The molecule has 0 bridgehead atoms. The van der Waals surface area contributed by atoms with E-state index in [1.165, 1.54) is 6.33 Å². The summed E-state index contributed by atoms with van der Waals surface area (Å²) in [7, 11) is 0. The SMILES string of the molecule is Cc1cc(Oc2ncnc(NCCc3ccccc3)c2[N+](=O)[O-])cc(C)c1Cl. The van der Waals surface area contributed by atoms with E-state index in [4.69, 9.17) is 16.3 Å². The lowest BCUT2D eigenvalue weighted by molar-refractivity contribution is -0.385. The summed E-state index contributed by atoms with van der Waals surface area (Å²) >= 11 is 6.17. The highest BCUT2D eigenvalue weighted by Gasteiger charge is 2.25. The zero-order valence-electron chi connectivity index (χ0n) is 15.5. The van der Waals surface area contributed by atoms with E-state index < -0.39 is 4.92 Å². The maximum absolute atomic E-state index is 11.6. The molecule has 144 valence electrons. The van der Waals surface area contributed by atoms with Crippen molar-refractivity contribution < 1.29 is 9.66 Å². The van der Waals surface area contributed by atoms with Gasteiger partial charge in [0.25, 0.3) is 0 Å². The molecule has 0 spiro atoms. The number of hydrogen-bond donors (Lipinski definition) is 1. The predicted molar refractivity (Wildman–Crippen MR) is 108 cm³/mol. The van der Waals surface area contributed by atoms with E-state index in [2.05, 4.69) is 15.3 Å². The van der Waals surface area contributed by atoms with E-state index in [0.717, 1.165) is 16.7 Å². The zero-order chi connectivity index (χ0) is 20.1. The number of nitrogens with one attached hydrogen (secondary N) is 1. The Morgan fingerprint density at radius 2 is 1.82 bits per heavy atom. The first-order valence-electron chi connectivity index (χ1n) is 8.67. The quantitative estimate of drug-likeness (QED) is 0.439. The highest BCUT2D eigenvalue weighted by Crippen LogP contribution is 2.35. The summed E-state index contributed by atoms with van der Waals surface area (Å²) in [6.45, 7) is 4.17. The molecule has 3 rings (SSSR count). The van der Waals surface area contributed by atoms with E-state index >= 15 is 0 Å². The van der Waals surface area contributed by atoms with Crippen molar-refractivity contribution in [1.82, 2.24) is 9.97 Å². The van der Waals surface area contributed by atoms with Crippen LogP contribution in [-0.4, -0.2) is 21.4 Å². The number of ether oxygens (including phenoxy) is 1. The molecule has 7 nitrogen and oxygen atoms in total. The van der Waals surface area contributed by atoms with Gasteiger partial charge in [-0.3, -0.25) is 10.1 Å². The molecule has 0 aliphatic heterocycles. The Morgan fingerprint density at radius 3 is 2.46 bits per heavy atom. The number of hydrogen-bond acceptors (Lipinski definition) is 6. The van der Waals surface area contributed by atoms with Gasteiger partial charge in [0, 0.05) is 11.6 Å². The number of benzene rings is 2. The molecule has 3 aromatic rings. The number of nitro groups is 1. The van der Waals surface area contributed by atoms with Crippen molar-refractivity contribution in [2.24, 2.45) is 0 Å². The topological polar surface area (TPSA) is 90.2 Å². The Kier molecular flexibility index (Phi) is 6.06. The summed E-state index contributed by atoms with van der Waals surface area (Å²) in [6.07, 6.45) is 1.94. The number of aryl methyl sites for hydroxylation is 2. The fourth-order valence-corrected chi connectivity index (χ4v) is 2.89. The van der Waals surface area contributed by atoms with Gasteiger partial charge in [0.1, 0.15) is 12.1 Å². The molecule has 0 atom stereocenters. The van der Waals surface area contributed by atoms with Crippen LogP contribution in [0.15, 0.2) is 48.8 Å². The lowest BCUT2D eigenvalue weighted by atomic mass is 10.1. The van der Waals surface area contributed by atoms with Gasteiger partial charge in [0.05, 0.1) is 4.92 Å². The number of anilines is 1. The molecule has 0 unspecified atom stereocenters. The zero-order valence-corrected chi connectivity index (χ0v) is 16.2. The Labute approximate surface area is 167 Å². The first-order chi connectivity index (χ1) is 13.5. The van der Waals surface area contributed by atoms with Crippen LogP contribution < -0.4 is 10.1 Å². The third-order valence-corrected chi connectivity index (χ3v) is 4.74. The summed E-state index contributed by atoms with van der Waals surface area (Å²) < 4.78 is 5.70. The molecule has 1 aromatic heterocycles. The normalized spacial score (nSPS) is 10.5. The van der Waals surface area contributed by atoms with Gasteiger partial charge in [-0.05, 0) is 49.1 Å². The van der Waals surface area contributed by atoms with Crippen molar-refractivity contribution in [3.05, 3.63) is 80.6 Å².